The molecule has 118 valence electrons. The number of rotatable bonds is 4. The lowest BCUT2D eigenvalue weighted by atomic mass is 9.62. The molecule has 0 amide bonds. The predicted octanol–water partition coefficient (Wildman–Crippen LogP) is 4.95. The number of ether oxygens (including phenoxy) is 1. The van der Waals surface area contributed by atoms with E-state index in [1.54, 1.807) is 0 Å². The Morgan fingerprint density at radius 1 is 0.952 bits per heavy atom. The quantitative estimate of drug-likeness (QED) is 0.329. The molecular weight excluding hydrogens is 315 g/mol. The molecule has 1 nitrogen and oxygen atoms in total. The molecule has 1 fully saturated rings. The lowest BCUT2D eigenvalue weighted by molar-refractivity contribution is -0.0507. The molecule has 7 heteroatoms. The topological polar surface area (TPSA) is 9.23 Å². The maximum absolute atomic E-state index is 13.6. The lowest BCUT2D eigenvalue weighted by Gasteiger charge is -2.52. The smallest absolute Gasteiger partial charge is 0.207 e. The van der Waals surface area contributed by atoms with Gasteiger partial charge in [0.2, 0.25) is 29.1 Å². The predicted molar refractivity (Wildman–Crippen MR) is 67.9 cm³/mol. The highest BCUT2D eigenvalue weighted by atomic mass is 35.5. The fraction of sp³-hybridized carbons (Fsp3) is 0.571. The second-order valence-electron chi connectivity index (χ2n) is 5.15. The van der Waals surface area contributed by atoms with Crippen molar-refractivity contribution in [2.24, 2.45) is 5.41 Å². The summed E-state index contributed by atoms with van der Waals surface area (Å²) in [7, 11) is 0. The van der Waals surface area contributed by atoms with Crippen LogP contribution in [0.15, 0.2) is 0 Å². The molecule has 2 rings (SSSR count). The van der Waals surface area contributed by atoms with Crippen molar-refractivity contribution in [3.63, 3.8) is 0 Å². The van der Waals surface area contributed by atoms with Gasteiger partial charge in [-0.1, -0.05) is 13.8 Å². The molecular formula is C14H14ClF5O. The first kappa shape index (κ1) is 16.3. The van der Waals surface area contributed by atoms with Crippen LogP contribution in [-0.4, -0.2) is 11.5 Å². The summed E-state index contributed by atoms with van der Waals surface area (Å²) in [6.45, 7) is 3.68. The first-order valence-corrected chi connectivity index (χ1v) is 7.05. The maximum atomic E-state index is 13.6. The Balaban J connectivity index is 2.38. The molecule has 1 aromatic carbocycles. The Morgan fingerprint density at radius 3 is 1.76 bits per heavy atom. The van der Waals surface area contributed by atoms with Crippen molar-refractivity contribution in [3.05, 3.63) is 29.1 Å². The van der Waals surface area contributed by atoms with Crippen LogP contribution >= 0.6 is 11.6 Å². The Kier molecular flexibility index (Phi) is 4.38. The van der Waals surface area contributed by atoms with Gasteiger partial charge < -0.3 is 4.74 Å². The molecule has 1 aliphatic carbocycles. The van der Waals surface area contributed by atoms with Crippen molar-refractivity contribution < 1.29 is 26.7 Å². The van der Waals surface area contributed by atoms with Gasteiger partial charge in [0.15, 0.2) is 5.75 Å². The Hall–Kier alpha value is -1.04. The van der Waals surface area contributed by atoms with Gasteiger partial charge >= 0.3 is 0 Å². The molecule has 0 heterocycles. The van der Waals surface area contributed by atoms with Crippen molar-refractivity contribution >= 4 is 11.6 Å². The second kappa shape index (κ2) is 5.63. The summed E-state index contributed by atoms with van der Waals surface area (Å²) in [6, 6.07) is 0. The number of hydrogen-bond donors (Lipinski definition) is 0. The van der Waals surface area contributed by atoms with Gasteiger partial charge in [-0.2, -0.15) is 8.78 Å². The van der Waals surface area contributed by atoms with Crippen LogP contribution < -0.4 is 4.74 Å². The van der Waals surface area contributed by atoms with Crippen molar-refractivity contribution in [2.75, 3.05) is 0 Å². The summed E-state index contributed by atoms with van der Waals surface area (Å²) in [5.41, 5.74) is -0.526. The zero-order chi connectivity index (χ0) is 15.9. The summed E-state index contributed by atoms with van der Waals surface area (Å²) in [6.07, 6.45) is 0.779. The minimum absolute atomic E-state index is 0.251. The van der Waals surface area contributed by atoms with Crippen LogP contribution in [-0.2, 0) is 0 Å². The van der Waals surface area contributed by atoms with Gasteiger partial charge in [0.05, 0.1) is 0 Å². The van der Waals surface area contributed by atoms with E-state index in [-0.39, 0.29) is 5.38 Å². The molecule has 2 atom stereocenters. The normalized spacial score (nSPS) is 23.8. The second-order valence-corrected chi connectivity index (χ2v) is 5.68. The van der Waals surface area contributed by atoms with Gasteiger partial charge in [0, 0.05) is 17.2 Å². The van der Waals surface area contributed by atoms with E-state index in [2.05, 4.69) is 0 Å². The average Bonchev–Trinajstić information content (AvgIpc) is 2.47. The van der Waals surface area contributed by atoms with E-state index in [0.29, 0.717) is 19.3 Å². The summed E-state index contributed by atoms with van der Waals surface area (Å²) >= 11 is 6.12. The van der Waals surface area contributed by atoms with Gasteiger partial charge in [-0.15, -0.1) is 11.6 Å². The summed E-state index contributed by atoms with van der Waals surface area (Å²) < 4.78 is 71.6. The molecule has 1 saturated carbocycles. The lowest BCUT2D eigenvalue weighted by Crippen LogP contribution is -2.56. The summed E-state index contributed by atoms with van der Waals surface area (Å²) in [5.74, 6) is -11.4. The van der Waals surface area contributed by atoms with E-state index in [1.807, 2.05) is 13.8 Å². The van der Waals surface area contributed by atoms with Crippen LogP contribution in [0.2, 0.25) is 0 Å². The van der Waals surface area contributed by atoms with E-state index < -0.39 is 46.4 Å². The fourth-order valence-corrected chi connectivity index (χ4v) is 3.45. The van der Waals surface area contributed by atoms with E-state index >= 15 is 0 Å². The Bertz CT molecular complexity index is 530. The molecule has 0 saturated heterocycles. The van der Waals surface area contributed by atoms with Gasteiger partial charge in [0.25, 0.3) is 0 Å². The number of alkyl halides is 1. The molecule has 0 spiro atoms. The molecule has 0 aromatic heterocycles. The minimum Gasteiger partial charge on any atom is -0.484 e. The van der Waals surface area contributed by atoms with Gasteiger partial charge in [-0.25, -0.2) is 13.2 Å². The fourth-order valence-electron chi connectivity index (χ4n) is 2.84. The zero-order valence-electron chi connectivity index (χ0n) is 11.5. The minimum atomic E-state index is -2.20. The van der Waals surface area contributed by atoms with Crippen LogP contribution in [0.4, 0.5) is 22.0 Å². The third kappa shape index (κ3) is 2.28. The number of benzene rings is 1. The highest BCUT2D eigenvalue weighted by molar-refractivity contribution is 6.21. The third-order valence-electron chi connectivity index (χ3n) is 4.43. The molecule has 0 radical (unpaired) electrons. The third-order valence-corrected chi connectivity index (χ3v) is 5.04. The first-order valence-electron chi connectivity index (χ1n) is 6.62. The molecule has 2 unspecified atom stereocenters. The van der Waals surface area contributed by atoms with Gasteiger partial charge in [0.1, 0.15) is 6.10 Å². The monoisotopic (exact) mass is 328 g/mol. The largest absolute Gasteiger partial charge is 0.484 e. The molecule has 0 N–H and O–H groups in total. The van der Waals surface area contributed by atoms with Gasteiger partial charge in [-0.3, -0.25) is 0 Å². The molecule has 1 aromatic rings. The van der Waals surface area contributed by atoms with Crippen molar-refractivity contribution in [1.82, 2.24) is 0 Å². The Labute approximate surface area is 124 Å². The highest BCUT2D eigenvalue weighted by Crippen LogP contribution is 2.52. The van der Waals surface area contributed by atoms with Crippen LogP contribution in [0.25, 0.3) is 0 Å². The maximum Gasteiger partial charge on any atom is 0.207 e. The number of hydrogen-bond acceptors (Lipinski definition) is 1. The van der Waals surface area contributed by atoms with Gasteiger partial charge in [-0.05, 0) is 12.8 Å². The van der Waals surface area contributed by atoms with E-state index in [4.69, 9.17) is 16.3 Å². The van der Waals surface area contributed by atoms with Crippen LogP contribution in [0, 0.1) is 34.5 Å². The molecule has 1 aliphatic rings. The zero-order valence-corrected chi connectivity index (χ0v) is 12.2. The van der Waals surface area contributed by atoms with E-state index in [0.717, 1.165) is 0 Å². The average molecular weight is 329 g/mol. The Morgan fingerprint density at radius 2 is 1.38 bits per heavy atom. The molecule has 21 heavy (non-hydrogen) atoms. The van der Waals surface area contributed by atoms with Crippen LogP contribution in [0.5, 0.6) is 5.75 Å². The van der Waals surface area contributed by atoms with Crippen molar-refractivity contribution in [2.45, 2.75) is 44.6 Å². The van der Waals surface area contributed by atoms with E-state index in [9.17, 15) is 22.0 Å². The first-order chi connectivity index (χ1) is 9.80. The van der Waals surface area contributed by atoms with E-state index in [1.165, 1.54) is 0 Å². The van der Waals surface area contributed by atoms with Crippen LogP contribution in [0.3, 0.4) is 0 Å². The summed E-state index contributed by atoms with van der Waals surface area (Å²) in [5, 5.41) is -0.251. The van der Waals surface area contributed by atoms with Crippen molar-refractivity contribution in [1.29, 1.82) is 0 Å². The van der Waals surface area contributed by atoms with Crippen LogP contribution in [0.1, 0.15) is 33.1 Å². The molecule has 0 aliphatic heterocycles. The SMILES string of the molecule is CCC1(CC)C(Cl)CC1Oc1c(F)c(F)c(F)c(F)c1F. The van der Waals surface area contributed by atoms with Crippen molar-refractivity contribution in [3.8, 4) is 5.75 Å². The number of halogens is 6. The standard InChI is InChI=1S/C14H14ClF5O/c1-3-14(4-2)6(15)5-7(14)21-13-11(19)9(17)8(16)10(18)12(13)20/h6-7H,3-5H2,1-2H3. The highest BCUT2D eigenvalue weighted by Gasteiger charge is 2.54. The summed E-state index contributed by atoms with van der Waals surface area (Å²) in [4.78, 5) is 0. The molecule has 0 bridgehead atoms.